The smallest absolute Gasteiger partial charge is 0.0843 e. The molecule has 6 heteroatoms. The van der Waals surface area contributed by atoms with Gasteiger partial charge in [-0.05, 0) is 51.6 Å². The van der Waals surface area contributed by atoms with E-state index in [-0.39, 0.29) is 12.1 Å². The largest absolute Gasteiger partial charge is 0.312 e. The van der Waals surface area contributed by atoms with Crippen molar-refractivity contribution in [2.75, 3.05) is 26.2 Å². The summed E-state index contributed by atoms with van der Waals surface area (Å²) in [6.45, 7) is 3.28. The highest BCUT2D eigenvalue weighted by Crippen LogP contribution is 2.10. The van der Waals surface area contributed by atoms with Gasteiger partial charge in [-0.2, -0.15) is 0 Å². The van der Waals surface area contributed by atoms with E-state index in [1.165, 1.54) is 12.4 Å². The molecule has 124 valence electrons. The highest BCUT2D eigenvalue weighted by atomic mass is 14.9. The molecule has 4 N–H and O–H groups in total. The Bertz CT molecular complexity index is 307. The SMILES string of the molecule is N=CCNCCCCC1C=NC(CCCCNCC=N)C=N1. The van der Waals surface area contributed by atoms with E-state index in [0.717, 1.165) is 51.6 Å². The first-order valence-corrected chi connectivity index (χ1v) is 8.32. The normalized spacial score (nSPS) is 20.2. The fourth-order valence-corrected chi connectivity index (χ4v) is 2.35. The van der Waals surface area contributed by atoms with Crippen LogP contribution < -0.4 is 10.6 Å². The van der Waals surface area contributed by atoms with E-state index in [1.807, 2.05) is 12.4 Å². The van der Waals surface area contributed by atoms with Crippen LogP contribution in [-0.2, 0) is 0 Å². The summed E-state index contributed by atoms with van der Waals surface area (Å²) in [6, 6.07) is 0.515. The summed E-state index contributed by atoms with van der Waals surface area (Å²) in [5, 5.41) is 20.2. The molecule has 0 aromatic rings. The summed E-state index contributed by atoms with van der Waals surface area (Å²) >= 11 is 0. The lowest BCUT2D eigenvalue weighted by atomic mass is 10.1. The third-order valence-electron chi connectivity index (χ3n) is 3.60. The van der Waals surface area contributed by atoms with Gasteiger partial charge in [-0.1, -0.05) is 0 Å². The Balaban J connectivity index is 1.99. The van der Waals surface area contributed by atoms with Crippen LogP contribution in [0.2, 0.25) is 0 Å². The predicted octanol–water partition coefficient (Wildman–Crippen LogP) is 1.70. The lowest BCUT2D eigenvalue weighted by Crippen LogP contribution is -2.21. The van der Waals surface area contributed by atoms with E-state index in [2.05, 4.69) is 20.6 Å². The Morgan fingerprint density at radius 2 is 1.23 bits per heavy atom. The summed E-state index contributed by atoms with van der Waals surface area (Å²) in [5.41, 5.74) is 0. The van der Waals surface area contributed by atoms with Crippen molar-refractivity contribution in [1.29, 1.82) is 10.8 Å². The van der Waals surface area contributed by atoms with Crippen molar-refractivity contribution < 1.29 is 0 Å². The van der Waals surface area contributed by atoms with Gasteiger partial charge in [0.2, 0.25) is 0 Å². The van der Waals surface area contributed by atoms with Gasteiger partial charge in [-0.15, -0.1) is 0 Å². The maximum atomic E-state index is 6.92. The van der Waals surface area contributed by atoms with Crippen molar-refractivity contribution in [3.05, 3.63) is 0 Å². The molecule has 0 spiro atoms. The van der Waals surface area contributed by atoms with Gasteiger partial charge in [0, 0.05) is 37.9 Å². The van der Waals surface area contributed by atoms with Gasteiger partial charge >= 0.3 is 0 Å². The van der Waals surface area contributed by atoms with E-state index in [9.17, 15) is 0 Å². The maximum Gasteiger partial charge on any atom is 0.0843 e. The number of aliphatic imine (C=N–C) groups is 2. The molecule has 22 heavy (non-hydrogen) atoms. The van der Waals surface area contributed by atoms with Gasteiger partial charge in [-0.25, -0.2) is 0 Å². The van der Waals surface area contributed by atoms with E-state index in [1.54, 1.807) is 0 Å². The molecule has 0 aromatic heterocycles. The molecule has 0 aromatic carbocycles. The standard InChI is InChI=1S/C16H30N6/c17-7-11-19-9-3-1-5-15-13-22-16(14-21-15)6-2-4-10-20-12-8-18/h7-8,13-20H,1-6,9-12H2. The van der Waals surface area contributed by atoms with Crippen molar-refractivity contribution in [1.82, 2.24) is 10.6 Å². The summed E-state index contributed by atoms with van der Waals surface area (Å²) < 4.78 is 0. The molecule has 6 nitrogen and oxygen atoms in total. The summed E-state index contributed by atoms with van der Waals surface area (Å²) in [5.74, 6) is 0. The van der Waals surface area contributed by atoms with Gasteiger partial charge in [0.1, 0.15) is 0 Å². The van der Waals surface area contributed by atoms with Gasteiger partial charge in [0.05, 0.1) is 12.1 Å². The molecule has 1 aliphatic heterocycles. The molecule has 1 heterocycles. The molecular weight excluding hydrogens is 276 g/mol. The zero-order valence-corrected chi connectivity index (χ0v) is 13.4. The molecule has 0 saturated carbocycles. The van der Waals surface area contributed by atoms with Crippen LogP contribution in [0.25, 0.3) is 0 Å². The summed E-state index contributed by atoms with van der Waals surface area (Å²) in [6.07, 6.45) is 13.5. The van der Waals surface area contributed by atoms with E-state index >= 15 is 0 Å². The van der Waals surface area contributed by atoms with Crippen LogP contribution in [0, 0.1) is 10.8 Å². The van der Waals surface area contributed by atoms with Crippen LogP contribution in [-0.4, -0.2) is 63.1 Å². The molecule has 0 aliphatic carbocycles. The predicted molar refractivity (Wildman–Crippen MR) is 95.6 cm³/mol. The minimum atomic E-state index is 0.258. The second kappa shape index (κ2) is 13.3. The van der Waals surface area contributed by atoms with E-state index in [4.69, 9.17) is 10.8 Å². The third kappa shape index (κ3) is 9.52. The number of nitrogens with one attached hydrogen (secondary N) is 4. The number of rotatable bonds is 14. The van der Waals surface area contributed by atoms with Crippen LogP contribution in [0.4, 0.5) is 0 Å². The zero-order valence-electron chi connectivity index (χ0n) is 13.4. The van der Waals surface area contributed by atoms with Crippen LogP contribution in [0.15, 0.2) is 9.98 Å². The first-order valence-electron chi connectivity index (χ1n) is 8.32. The Morgan fingerprint density at radius 3 is 1.59 bits per heavy atom. The zero-order chi connectivity index (χ0) is 15.9. The Kier molecular flexibility index (Phi) is 11.3. The number of nitrogens with zero attached hydrogens (tertiary/aromatic N) is 2. The second-order valence-corrected chi connectivity index (χ2v) is 5.54. The highest BCUT2D eigenvalue weighted by molar-refractivity contribution is 5.77. The molecule has 0 saturated heterocycles. The molecule has 0 radical (unpaired) electrons. The number of hydrogen-bond donors (Lipinski definition) is 4. The van der Waals surface area contributed by atoms with Gasteiger partial charge < -0.3 is 21.5 Å². The number of hydrogen-bond acceptors (Lipinski definition) is 6. The molecule has 0 bridgehead atoms. The topological polar surface area (TPSA) is 96.5 Å². The molecule has 0 fully saturated rings. The Hall–Kier alpha value is -1.40. The minimum absolute atomic E-state index is 0.258. The molecule has 2 atom stereocenters. The summed E-state index contributed by atoms with van der Waals surface area (Å²) in [7, 11) is 0. The van der Waals surface area contributed by atoms with Crippen molar-refractivity contribution >= 4 is 24.9 Å². The molecular formula is C16H30N6. The molecule has 2 unspecified atom stereocenters. The highest BCUT2D eigenvalue weighted by Gasteiger charge is 2.11. The fraction of sp³-hybridized carbons (Fsp3) is 0.750. The lowest BCUT2D eigenvalue weighted by molar-refractivity contribution is 0.596. The van der Waals surface area contributed by atoms with E-state index < -0.39 is 0 Å². The average Bonchev–Trinajstić information content (AvgIpc) is 2.55. The van der Waals surface area contributed by atoms with Gasteiger partial charge in [-0.3, -0.25) is 9.98 Å². The van der Waals surface area contributed by atoms with Crippen molar-refractivity contribution in [3.63, 3.8) is 0 Å². The van der Waals surface area contributed by atoms with Crippen LogP contribution in [0.3, 0.4) is 0 Å². The molecule has 1 aliphatic rings. The van der Waals surface area contributed by atoms with Crippen molar-refractivity contribution in [2.24, 2.45) is 9.98 Å². The van der Waals surface area contributed by atoms with Gasteiger partial charge in [0.15, 0.2) is 0 Å². The average molecular weight is 306 g/mol. The fourth-order valence-electron chi connectivity index (χ4n) is 2.35. The quantitative estimate of drug-likeness (QED) is 0.290. The monoisotopic (exact) mass is 306 g/mol. The van der Waals surface area contributed by atoms with E-state index in [0.29, 0.717) is 13.1 Å². The third-order valence-corrected chi connectivity index (χ3v) is 3.60. The molecule has 1 rings (SSSR count). The minimum Gasteiger partial charge on any atom is -0.312 e. The van der Waals surface area contributed by atoms with Gasteiger partial charge in [0.25, 0.3) is 0 Å². The van der Waals surface area contributed by atoms with Crippen molar-refractivity contribution in [3.8, 4) is 0 Å². The first-order chi connectivity index (χ1) is 10.9. The Labute approximate surface area is 133 Å². The molecule has 0 amide bonds. The lowest BCUT2D eigenvalue weighted by Gasteiger charge is -2.15. The second-order valence-electron chi connectivity index (χ2n) is 5.54. The Morgan fingerprint density at radius 1 is 0.773 bits per heavy atom. The maximum absolute atomic E-state index is 6.92. The van der Waals surface area contributed by atoms with Crippen LogP contribution >= 0.6 is 0 Å². The summed E-state index contributed by atoms with van der Waals surface area (Å²) in [4.78, 5) is 9.19. The number of unbranched alkanes of at least 4 members (excludes halogenated alkanes) is 2. The van der Waals surface area contributed by atoms with Crippen LogP contribution in [0.1, 0.15) is 38.5 Å². The van der Waals surface area contributed by atoms with Crippen molar-refractivity contribution in [2.45, 2.75) is 50.6 Å². The van der Waals surface area contributed by atoms with Crippen LogP contribution in [0.5, 0.6) is 0 Å². The first kappa shape index (κ1) is 18.6.